The van der Waals surface area contributed by atoms with Crippen molar-refractivity contribution in [1.82, 2.24) is 10.6 Å². The minimum Gasteiger partial charge on any atom is -0.365 e. The second-order valence-electron chi connectivity index (χ2n) is 6.47. The Morgan fingerprint density at radius 2 is 2.20 bits per heavy atom. The SMILES string of the molecule is CCC(OC1CCCC(C)C1)C(=O)NCC1CCCN1. The van der Waals surface area contributed by atoms with E-state index in [2.05, 4.69) is 17.6 Å². The van der Waals surface area contributed by atoms with Crippen LogP contribution in [0.25, 0.3) is 0 Å². The first kappa shape index (κ1) is 15.8. The molecule has 1 heterocycles. The van der Waals surface area contributed by atoms with Crippen LogP contribution in [-0.4, -0.2) is 37.2 Å². The van der Waals surface area contributed by atoms with Crippen molar-refractivity contribution in [1.29, 1.82) is 0 Å². The van der Waals surface area contributed by atoms with E-state index >= 15 is 0 Å². The molecule has 0 bridgehead atoms. The van der Waals surface area contributed by atoms with Crippen LogP contribution in [0.3, 0.4) is 0 Å². The molecule has 4 unspecified atom stereocenters. The topological polar surface area (TPSA) is 50.4 Å². The summed E-state index contributed by atoms with van der Waals surface area (Å²) < 4.78 is 6.06. The normalized spacial score (nSPS) is 32.0. The molecule has 116 valence electrons. The third kappa shape index (κ3) is 4.74. The van der Waals surface area contributed by atoms with Gasteiger partial charge in [-0.3, -0.25) is 4.79 Å². The van der Waals surface area contributed by atoms with E-state index in [4.69, 9.17) is 4.74 Å². The van der Waals surface area contributed by atoms with Crippen LogP contribution in [0.1, 0.15) is 58.8 Å². The number of carbonyl (C=O) groups is 1. The number of ether oxygens (including phenoxy) is 1. The van der Waals surface area contributed by atoms with E-state index in [9.17, 15) is 4.79 Å². The average Bonchev–Trinajstić information content (AvgIpc) is 2.95. The number of nitrogens with one attached hydrogen (secondary N) is 2. The molecule has 2 aliphatic rings. The first-order chi connectivity index (χ1) is 9.69. The van der Waals surface area contributed by atoms with E-state index < -0.39 is 0 Å². The van der Waals surface area contributed by atoms with E-state index in [0.29, 0.717) is 6.04 Å². The van der Waals surface area contributed by atoms with Crippen LogP contribution in [-0.2, 0) is 9.53 Å². The van der Waals surface area contributed by atoms with Gasteiger partial charge in [0, 0.05) is 12.6 Å². The van der Waals surface area contributed by atoms with Gasteiger partial charge in [-0.2, -0.15) is 0 Å². The van der Waals surface area contributed by atoms with E-state index in [1.54, 1.807) is 0 Å². The lowest BCUT2D eigenvalue weighted by atomic mass is 9.88. The van der Waals surface area contributed by atoms with Crippen LogP contribution in [0.4, 0.5) is 0 Å². The van der Waals surface area contributed by atoms with Gasteiger partial charge in [-0.25, -0.2) is 0 Å². The molecule has 4 nitrogen and oxygen atoms in total. The fourth-order valence-electron chi connectivity index (χ4n) is 3.35. The van der Waals surface area contributed by atoms with Crippen molar-refractivity contribution in [3.05, 3.63) is 0 Å². The third-order valence-electron chi connectivity index (χ3n) is 4.59. The van der Waals surface area contributed by atoms with Crippen LogP contribution >= 0.6 is 0 Å². The van der Waals surface area contributed by atoms with Gasteiger partial charge >= 0.3 is 0 Å². The van der Waals surface area contributed by atoms with Gasteiger partial charge in [0.15, 0.2) is 0 Å². The van der Waals surface area contributed by atoms with Crippen LogP contribution in [0.5, 0.6) is 0 Å². The van der Waals surface area contributed by atoms with Crippen LogP contribution in [0.15, 0.2) is 0 Å². The van der Waals surface area contributed by atoms with Crippen LogP contribution in [0.2, 0.25) is 0 Å². The molecule has 20 heavy (non-hydrogen) atoms. The summed E-state index contributed by atoms with van der Waals surface area (Å²) in [6, 6.07) is 0.450. The van der Waals surface area contributed by atoms with Gasteiger partial charge in [-0.15, -0.1) is 0 Å². The molecule has 0 aromatic heterocycles. The first-order valence-corrected chi connectivity index (χ1v) is 8.35. The minimum atomic E-state index is -0.272. The molecule has 0 aromatic carbocycles. The van der Waals surface area contributed by atoms with Crippen molar-refractivity contribution in [2.45, 2.75) is 77.0 Å². The lowest BCUT2D eigenvalue weighted by Crippen LogP contribution is -2.44. The zero-order valence-electron chi connectivity index (χ0n) is 13.0. The lowest BCUT2D eigenvalue weighted by Gasteiger charge is -2.30. The highest BCUT2D eigenvalue weighted by atomic mass is 16.5. The highest BCUT2D eigenvalue weighted by Crippen LogP contribution is 2.26. The Bertz CT molecular complexity index is 303. The van der Waals surface area contributed by atoms with Crippen molar-refractivity contribution >= 4 is 5.91 Å². The standard InChI is InChI=1S/C16H30N2O2/c1-3-15(20-14-8-4-6-12(2)10-14)16(19)18-11-13-7-5-9-17-13/h12-15,17H,3-11H2,1-2H3,(H,18,19). The maximum Gasteiger partial charge on any atom is 0.249 e. The van der Waals surface area contributed by atoms with Crippen molar-refractivity contribution in [2.24, 2.45) is 5.92 Å². The fourth-order valence-corrected chi connectivity index (χ4v) is 3.35. The number of hydrogen-bond donors (Lipinski definition) is 2. The summed E-state index contributed by atoms with van der Waals surface area (Å²) >= 11 is 0. The predicted molar refractivity (Wildman–Crippen MR) is 80.6 cm³/mol. The number of rotatable bonds is 6. The maximum atomic E-state index is 12.2. The Labute approximate surface area is 123 Å². The highest BCUT2D eigenvalue weighted by molar-refractivity contribution is 5.80. The summed E-state index contributed by atoms with van der Waals surface area (Å²) in [5, 5.41) is 6.45. The molecule has 1 saturated carbocycles. The summed E-state index contributed by atoms with van der Waals surface area (Å²) in [6.07, 6.45) is 7.89. The minimum absolute atomic E-state index is 0.0689. The van der Waals surface area contributed by atoms with Gasteiger partial charge in [-0.1, -0.05) is 26.7 Å². The highest BCUT2D eigenvalue weighted by Gasteiger charge is 2.26. The van der Waals surface area contributed by atoms with Crippen molar-refractivity contribution < 1.29 is 9.53 Å². The molecule has 0 spiro atoms. The van der Waals surface area contributed by atoms with Gasteiger partial charge in [0.2, 0.25) is 5.91 Å². The van der Waals surface area contributed by atoms with Crippen molar-refractivity contribution in [3.63, 3.8) is 0 Å². The number of hydrogen-bond acceptors (Lipinski definition) is 3. The summed E-state index contributed by atoms with van der Waals surface area (Å²) in [4.78, 5) is 12.2. The smallest absolute Gasteiger partial charge is 0.249 e. The molecule has 1 amide bonds. The molecule has 0 aromatic rings. The zero-order valence-corrected chi connectivity index (χ0v) is 13.0. The summed E-state index contributed by atoms with van der Waals surface area (Å²) in [5.74, 6) is 0.802. The Morgan fingerprint density at radius 1 is 1.35 bits per heavy atom. The number of amides is 1. The molecule has 1 aliphatic heterocycles. The lowest BCUT2D eigenvalue weighted by molar-refractivity contribution is -0.139. The monoisotopic (exact) mass is 282 g/mol. The average molecular weight is 282 g/mol. The predicted octanol–water partition coefficient (Wildman–Crippen LogP) is 2.23. The second kappa shape index (κ2) is 7.99. The van der Waals surface area contributed by atoms with E-state index in [-0.39, 0.29) is 18.1 Å². The first-order valence-electron chi connectivity index (χ1n) is 8.35. The number of carbonyl (C=O) groups excluding carboxylic acids is 1. The molecular formula is C16H30N2O2. The fraction of sp³-hybridized carbons (Fsp3) is 0.938. The molecule has 4 heteroatoms. The molecule has 1 aliphatic carbocycles. The molecular weight excluding hydrogens is 252 g/mol. The van der Waals surface area contributed by atoms with E-state index in [0.717, 1.165) is 44.7 Å². The molecule has 2 N–H and O–H groups in total. The molecule has 0 radical (unpaired) electrons. The maximum absolute atomic E-state index is 12.2. The molecule has 2 rings (SSSR count). The van der Waals surface area contributed by atoms with E-state index in [1.807, 2.05) is 6.92 Å². The van der Waals surface area contributed by atoms with Gasteiger partial charge < -0.3 is 15.4 Å². The van der Waals surface area contributed by atoms with E-state index in [1.165, 1.54) is 19.3 Å². The second-order valence-corrected chi connectivity index (χ2v) is 6.47. The Hall–Kier alpha value is -0.610. The van der Waals surface area contributed by atoms with Gasteiger partial charge in [-0.05, 0) is 44.6 Å². The quantitative estimate of drug-likeness (QED) is 0.785. The Balaban J connectivity index is 1.73. The zero-order chi connectivity index (χ0) is 14.4. The molecule has 1 saturated heterocycles. The van der Waals surface area contributed by atoms with Gasteiger partial charge in [0.05, 0.1) is 6.10 Å². The Kier molecular flexibility index (Phi) is 6.30. The summed E-state index contributed by atoms with van der Waals surface area (Å²) in [7, 11) is 0. The third-order valence-corrected chi connectivity index (χ3v) is 4.59. The summed E-state index contributed by atoms with van der Waals surface area (Å²) in [6.45, 7) is 6.13. The summed E-state index contributed by atoms with van der Waals surface area (Å²) in [5.41, 5.74) is 0. The van der Waals surface area contributed by atoms with Gasteiger partial charge in [0.25, 0.3) is 0 Å². The molecule has 4 atom stereocenters. The largest absolute Gasteiger partial charge is 0.365 e. The van der Waals surface area contributed by atoms with Crippen molar-refractivity contribution in [3.8, 4) is 0 Å². The molecule has 2 fully saturated rings. The van der Waals surface area contributed by atoms with Crippen LogP contribution < -0.4 is 10.6 Å². The Morgan fingerprint density at radius 3 is 2.85 bits per heavy atom. The van der Waals surface area contributed by atoms with Gasteiger partial charge in [0.1, 0.15) is 6.10 Å². The van der Waals surface area contributed by atoms with Crippen LogP contribution in [0, 0.1) is 5.92 Å². The van der Waals surface area contributed by atoms with Crippen molar-refractivity contribution in [2.75, 3.05) is 13.1 Å².